The van der Waals surface area contributed by atoms with Gasteiger partial charge < -0.3 is 24.3 Å². The zero-order chi connectivity index (χ0) is 17.8. The molecule has 132 valence electrons. The molecule has 0 fully saturated rings. The summed E-state index contributed by atoms with van der Waals surface area (Å²) in [5, 5.41) is 2.88. The van der Waals surface area contributed by atoms with Crippen molar-refractivity contribution in [2.75, 3.05) is 27.4 Å². The Hall–Kier alpha value is -2.41. The number of halogens is 1. The van der Waals surface area contributed by atoms with E-state index in [0.29, 0.717) is 47.0 Å². The van der Waals surface area contributed by atoms with Gasteiger partial charge in [-0.1, -0.05) is 6.07 Å². The molecule has 2 aromatic rings. The maximum absolute atomic E-state index is 12.5. The molecule has 2 aromatic carbocycles. The zero-order valence-electron chi connectivity index (χ0n) is 13.9. The molecule has 0 bridgehead atoms. The Morgan fingerprint density at radius 2 is 1.72 bits per heavy atom. The minimum atomic E-state index is -0.223. The van der Waals surface area contributed by atoms with Crippen molar-refractivity contribution in [1.29, 1.82) is 0 Å². The van der Waals surface area contributed by atoms with Crippen LogP contribution in [0.1, 0.15) is 15.9 Å². The largest absolute Gasteiger partial charge is 0.495 e. The fraction of sp³-hybridized carbons (Fsp3) is 0.278. The lowest BCUT2D eigenvalue weighted by molar-refractivity contribution is 0.0950. The van der Waals surface area contributed by atoms with E-state index in [2.05, 4.69) is 21.2 Å². The van der Waals surface area contributed by atoms with Crippen molar-refractivity contribution in [2.24, 2.45) is 0 Å². The molecule has 1 aliphatic rings. The summed E-state index contributed by atoms with van der Waals surface area (Å²) in [7, 11) is 3.08. The van der Waals surface area contributed by atoms with Gasteiger partial charge in [0.1, 0.15) is 29.2 Å². The van der Waals surface area contributed by atoms with Crippen molar-refractivity contribution in [2.45, 2.75) is 6.54 Å². The van der Waals surface area contributed by atoms with Crippen LogP contribution in [0.4, 0.5) is 0 Å². The lowest BCUT2D eigenvalue weighted by Gasteiger charge is -2.19. The average Bonchev–Trinajstić information content (AvgIpc) is 2.66. The molecule has 25 heavy (non-hydrogen) atoms. The van der Waals surface area contributed by atoms with Crippen LogP contribution in [0.25, 0.3) is 0 Å². The van der Waals surface area contributed by atoms with Crippen molar-refractivity contribution in [3.63, 3.8) is 0 Å². The van der Waals surface area contributed by atoms with E-state index < -0.39 is 0 Å². The SMILES string of the molecule is COc1cc(C(=O)NCc2ccc3c(c2)OCCO3)cc(OC)c1Br. The number of hydrogen-bond donors (Lipinski definition) is 1. The van der Waals surface area contributed by atoms with Crippen molar-refractivity contribution < 1.29 is 23.7 Å². The number of benzene rings is 2. The smallest absolute Gasteiger partial charge is 0.251 e. The number of carbonyl (C=O) groups excluding carboxylic acids is 1. The Labute approximate surface area is 154 Å². The Morgan fingerprint density at radius 3 is 2.36 bits per heavy atom. The Bertz CT molecular complexity index is 768. The van der Waals surface area contributed by atoms with E-state index in [0.717, 1.165) is 11.3 Å². The maximum atomic E-state index is 12.5. The van der Waals surface area contributed by atoms with Crippen LogP contribution in [0.5, 0.6) is 23.0 Å². The highest BCUT2D eigenvalue weighted by atomic mass is 79.9. The first-order valence-electron chi connectivity index (χ1n) is 7.70. The number of fused-ring (bicyclic) bond motifs is 1. The second kappa shape index (κ2) is 7.65. The van der Waals surface area contributed by atoms with Crippen LogP contribution in [0, 0.1) is 0 Å². The molecular weight excluding hydrogens is 390 g/mol. The highest BCUT2D eigenvalue weighted by Gasteiger charge is 2.15. The molecule has 0 unspecified atom stereocenters. The molecule has 1 N–H and O–H groups in total. The van der Waals surface area contributed by atoms with Crippen LogP contribution < -0.4 is 24.3 Å². The van der Waals surface area contributed by atoms with Crippen LogP contribution >= 0.6 is 15.9 Å². The van der Waals surface area contributed by atoms with Crippen LogP contribution in [-0.2, 0) is 6.54 Å². The Morgan fingerprint density at radius 1 is 1.08 bits per heavy atom. The number of methoxy groups -OCH3 is 2. The molecule has 0 atom stereocenters. The third-order valence-electron chi connectivity index (χ3n) is 3.77. The highest BCUT2D eigenvalue weighted by molar-refractivity contribution is 9.10. The quantitative estimate of drug-likeness (QED) is 0.824. The van der Waals surface area contributed by atoms with Crippen LogP contribution in [0.2, 0.25) is 0 Å². The van der Waals surface area contributed by atoms with E-state index in [1.54, 1.807) is 12.1 Å². The van der Waals surface area contributed by atoms with E-state index in [4.69, 9.17) is 18.9 Å². The number of rotatable bonds is 5. The first kappa shape index (κ1) is 17.4. The van der Waals surface area contributed by atoms with Gasteiger partial charge in [-0.3, -0.25) is 4.79 Å². The van der Waals surface area contributed by atoms with E-state index in [-0.39, 0.29) is 5.91 Å². The van der Waals surface area contributed by atoms with Gasteiger partial charge in [-0.15, -0.1) is 0 Å². The van der Waals surface area contributed by atoms with Gasteiger partial charge >= 0.3 is 0 Å². The van der Waals surface area contributed by atoms with Crippen molar-refractivity contribution in [3.8, 4) is 23.0 Å². The molecule has 1 amide bonds. The summed E-state index contributed by atoms with van der Waals surface area (Å²) in [5.74, 6) is 2.26. The highest BCUT2D eigenvalue weighted by Crippen LogP contribution is 2.35. The molecule has 0 saturated carbocycles. The summed E-state index contributed by atoms with van der Waals surface area (Å²) in [6.07, 6.45) is 0. The summed E-state index contributed by atoms with van der Waals surface area (Å²) < 4.78 is 22.2. The number of hydrogen-bond acceptors (Lipinski definition) is 5. The normalized spacial score (nSPS) is 12.4. The number of carbonyl (C=O) groups is 1. The number of amides is 1. The molecule has 0 saturated heterocycles. The standard InChI is InChI=1S/C18H18BrNO5/c1-22-15-8-12(9-16(23-2)17(15)19)18(21)20-10-11-3-4-13-14(7-11)25-6-5-24-13/h3-4,7-9H,5-6,10H2,1-2H3,(H,20,21). The van der Waals surface area contributed by atoms with E-state index in [9.17, 15) is 4.79 Å². The molecular formula is C18H18BrNO5. The molecule has 0 aliphatic carbocycles. The second-order valence-electron chi connectivity index (χ2n) is 5.36. The van der Waals surface area contributed by atoms with Gasteiger partial charge in [-0.2, -0.15) is 0 Å². The monoisotopic (exact) mass is 407 g/mol. The van der Waals surface area contributed by atoms with Crippen molar-refractivity contribution >= 4 is 21.8 Å². The zero-order valence-corrected chi connectivity index (χ0v) is 15.5. The van der Waals surface area contributed by atoms with E-state index in [1.165, 1.54) is 14.2 Å². The van der Waals surface area contributed by atoms with Gasteiger partial charge in [-0.25, -0.2) is 0 Å². The van der Waals surface area contributed by atoms with Gasteiger partial charge in [0, 0.05) is 12.1 Å². The third-order valence-corrected chi connectivity index (χ3v) is 4.55. The summed E-state index contributed by atoms with van der Waals surface area (Å²) in [6, 6.07) is 8.94. The maximum Gasteiger partial charge on any atom is 0.251 e. The summed E-state index contributed by atoms with van der Waals surface area (Å²) in [5.41, 5.74) is 1.38. The third kappa shape index (κ3) is 3.82. The molecule has 1 aliphatic heterocycles. The minimum absolute atomic E-state index is 0.223. The molecule has 3 rings (SSSR count). The lowest BCUT2D eigenvalue weighted by atomic mass is 10.1. The Kier molecular flexibility index (Phi) is 5.33. The molecule has 7 heteroatoms. The fourth-order valence-corrected chi connectivity index (χ4v) is 3.04. The Balaban J connectivity index is 1.72. The van der Waals surface area contributed by atoms with Crippen LogP contribution in [-0.4, -0.2) is 33.3 Å². The topological polar surface area (TPSA) is 66.0 Å². The van der Waals surface area contributed by atoms with Gasteiger partial charge in [0.25, 0.3) is 5.91 Å². The molecule has 1 heterocycles. The number of nitrogens with one attached hydrogen (secondary N) is 1. The van der Waals surface area contributed by atoms with Gasteiger partial charge in [-0.05, 0) is 45.8 Å². The van der Waals surface area contributed by atoms with Gasteiger partial charge in [0.2, 0.25) is 0 Å². The molecule has 0 aromatic heterocycles. The summed E-state index contributed by atoms with van der Waals surface area (Å²) >= 11 is 3.39. The molecule has 0 radical (unpaired) electrons. The van der Waals surface area contributed by atoms with Crippen LogP contribution in [0.15, 0.2) is 34.8 Å². The first-order chi connectivity index (χ1) is 12.1. The summed E-state index contributed by atoms with van der Waals surface area (Å²) in [4.78, 5) is 12.5. The average molecular weight is 408 g/mol. The lowest BCUT2D eigenvalue weighted by Crippen LogP contribution is -2.23. The predicted octanol–water partition coefficient (Wildman–Crippen LogP) is 3.17. The number of ether oxygens (including phenoxy) is 4. The first-order valence-corrected chi connectivity index (χ1v) is 8.50. The predicted molar refractivity (Wildman–Crippen MR) is 95.8 cm³/mol. The second-order valence-corrected chi connectivity index (χ2v) is 6.15. The van der Waals surface area contributed by atoms with Gasteiger partial charge in [0.05, 0.1) is 14.2 Å². The molecule has 6 nitrogen and oxygen atoms in total. The van der Waals surface area contributed by atoms with Crippen molar-refractivity contribution in [3.05, 3.63) is 45.9 Å². The van der Waals surface area contributed by atoms with Crippen molar-refractivity contribution in [1.82, 2.24) is 5.32 Å². The molecule has 0 spiro atoms. The van der Waals surface area contributed by atoms with Gasteiger partial charge in [0.15, 0.2) is 11.5 Å². The van der Waals surface area contributed by atoms with E-state index >= 15 is 0 Å². The minimum Gasteiger partial charge on any atom is -0.495 e. The van der Waals surface area contributed by atoms with E-state index in [1.807, 2.05) is 18.2 Å². The van der Waals surface area contributed by atoms with Crippen LogP contribution in [0.3, 0.4) is 0 Å². The fourth-order valence-electron chi connectivity index (χ4n) is 2.48. The summed E-state index contributed by atoms with van der Waals surface area (Å²) in [6.45, 7) is 1.45.